The van der Waals surface area contributed by atoms with Crippen molar-refractivity contribution in [2.45, 2.75) is 63.3 Å². The van der Waals surface area contributed by atoms with E-state index in [1.165, 1.54) is 11.8 Å². The van der Waals surface area contributed by atoms with Crippen LogP contribution in [-0.2, 0) is 16.6 Å². The van der Waals surface area contributed by atoms with Crippen LogP contribution in [0.4, 0.5) is 0 Å². The van der Waals surface area contributed by atoms with Crippen LogP contribution in [0, 0.1) is 34.5 Å². The number of allylic oxidation sites excluding steroid dienone is 4. The monoisotopic (exact) mass is 520 g/mol. The fraction of sp³-hybridized carbons (Fsp3) is 0.567. The van der Waals surface area contributed by atoms with E-state index in [1.807, 2.05) is 55.8 Å². The molecule has 6 nitrogen and oxygen atoms in total. The number of hydrogen-bond donors (Lipinski definition) is 2. The fourth-order valence-corrected chi connectivity index (χ4v) is 9.68. The molecular weight excluding hydrogens is 484 g/mol. The number of aliphatic hydroxyl groups excluding tert-OH is 1. The van der Waals surface area contributed by atoms with Gasteiger partial charge in [0, 0.05) is 23.8 Å². The topological polar surface area (TPSA) is 92.4 Å². The number of imidazole rings is 1. The number of aromatic nitrogens is 2. The Morgan fingerprint density at radius 2 is 2.03 bits per heavy atom. The molecular formula is C30H36N2O4S. The van der Waals surface area contributed by atoms with Gasteiger partial charge in [-0.25, -0.2) is 4.98 Å². The lowest BCUT2D eigenvalue weighted by molar-refractivity contribution is -0.179. The summed E-state index contributed by atoms with van der Waals surface area (Å²) < 4.78 is 1.99. The standard InChI is InChI=1S/C30H36N2O4S/c1-17-13-21-20-10-9-18-14-19(33)11-12-28(18,2)26(20)24(34)15-29(21,3)30(17,36)25(35)16-37-27-31-22-7-5-6-8-23(22)32(27)4/h5-8,11-12,14,17,20-21,24,26,34,36H,9-10,13,15-16H2,1-4H3/t17-,20+,21+,24+,26-,28+,29+,30+/m1/s1. The van der Waals surface area contributed by atoms with Crippen LogP contribution in [0.5, 0.6) is 0 Å². The molecule has 1 aromatic heterocycles. The summed E-state index contributed by atoms with van der Waals surface area (Å²) in [6, 6.07) is 7.89. The van der Waals surface area contributed by atoms with E-state index in [-0.39, 0.29) is 46.4 Å². The fourth-order valence-electron chi connectivity index (χ4n) is 8.75. The van der Waals surface area contributed by atoms with Crippen LogP contribution in [0.15, 0.2) is 53.2 Å². The van der Waals surface area contributed by atoms with E-state index in [1.54, 1.807) is 12.2 Å². The summed E-state index contributed by atoms with van der Waals surface area (Å²) in [4.78, 5) is 30.6. The van der Waals surface area contributed by atoms with Gasteiger partial charge in [0.05, 0.1) is 22.9 Å². The van der Waals surface area contributed by atoms with Crippen molar-refractivity contribution in [1.29, 1.82) is 0 Å². The Balaban J connectivity index is 1.28. The number of nitrogens with zero attached hydrogens (tertiary/aromatic N) is 2. The zero-order chi connectivity index (χ0) is 26.3. The maximum atomic E-state index is 13.9. The largest absolute Gasteiger partial charge is 0.393 e. The highest BCUT2D eigenvalue weighted by Gasteiger charge is 2.70. The minimum atomic E-state index is -1.50. The van der Waals surface area contributed by atoms with Crippen molar-refractivity contribution < 1.29 is 19.8 Å². The summed E-state index contributed by atoms with van der Waals surface area (Å²) in [5, 5.41) is 24.6. The third-order valence-electron chi connectivity index (χ3n) is 10.6. The maximum Gasteiger partial charge on any atom is 0.178 e. The molecule has 0 aliphatic heterocycles. The molecule has 6 rings (SSSR count). The maximum absolute atomic E-state index is 13.9. The van der Waals surface area contributed by atoms with E-state index in [0.717, 1.165) is 41.0 Å². The van der Waals surface area contributed by atoms with Crippen molar-refractivity contribution in [2.24, 2.45) is 41.5 Å². The highest BCUT2D eigenvalue weighted by Crippen LogP contribution is 2.68. The van der Waals surface area contributed by atoms with Gasteiger partial charge in [0.15, 0.2) is 16.7 Å². The first-order valence-corrected chi connectivity index (χ1v) is 14.4. The molecule has 7 heteroatoms. The third-order valence-corrected chi connectivity index (χ3v) is 11.6. The number of ketones is 2. The van der Waals surface area contributed by atoms with Gasteiger partial charge in [-0.05, 0) is 67.7 Å². The Morgan fingerprint density at radius 3 is 2.78 bits per heavy atom. The number of thioether (sulfide) groups is 1. The highest BCUT2D eigenvalue weighted by molar-refractivity contribution is 7.99. The lowest BCUT2D eigenvalue weighted by Gasteiger charge is -2.59. The molecule has 4 aliphatic carbocycles. The molecule has 0 radical (unpaired) electrons. The van der Waals surface area contributed by atoms with Crippen molar-refractivity contribution >= 4 is 34.4 Å². The van der Waals surface area contributed by atoms with Crippen LogP contribution in [0.1, 0.15) is 46.5 Å². The zero-order valence-corrected chi connectivity index (χ0v) is 22.8. The molecule has 1 heterocycles. The lowest BCUT2D eigenvalue weighted by Crippen LogP contribution is -2.62. The van der Waals surface area contributed by atoms with Crippen LogP contribution in [0.3, 0.4) is 0 Å². The number of carbonyl (C=O) groups is 2. The quantitative estimate of drug-likeness (QED) is 0.577. The summed E-state index contributed by atoms with van der Waals surface area (Å²) in [6.07, 6.45) is 7.57. The Bertz CT molecular complexity index is 1360. The number of hydrogen-bond acceptors (Lipinski definition) is 6. The predicted octanol–water partition coefficient (Wildman–Crippen LogP) is 4.49. The molecule has 8 atom stereocenters. The van der Waals surface area contributed by atoms with Crippen molar-refractivity contribution in [3.05, 3.63) is 48.1 Å². The van der Waals surface area contributed by atoms with Crippen molar-refractivity contribution in [3.8, 4) is 0 Å². The predicted molar refractivity (Wildman–Crippen MR) is 144 cm³/mol. The molecule has 0 bridgehead atoms. The summed E-state index contributed by atoms with van der Waals surface area (Å²) in [5.41, 5.74) is 0.441. The minimum Gasteiger partial charge on any atom is -0.393 e. The van der Waals surface area contributed by atoms with Gasteiger partial charge in [0.2, 0.25) is 0 Å². The van der Waals surface area contributed by atoms with Gasteiger partial charge in [-0.3, -0.25) is 9.59 Å². The number of para-hydroxylation sites is 2. The summed E-state index contributed by atoms with van der Waals surface area (Å²) in [6.45, 7) is 6.18. The number of benzene rings is 1. The van der Waals surface area contributed by atoms with Crippen LogP contribution in [0.25, 0.3) is 11.0 Å². The minimum absolute atomic E-state index is 0.0195. The second-order valence-electron chi connectivity index (χ2n) is 12.3. The molecule has 4 aliphatic rings. The molecule has 3 saturated carbocycles. The van der Waals surface area contributed by atoms with Gasteiger partial charge in [-0.15, -0.1) is 0 Å². The van der Waals surface area contributed by atoms with Gasteiger partial charge in [-0.1, -0.05) is 56.3 Å². The Labute approximate surface area is 222 Å². The average Bonchev–Trinajstić information content (AvgIpc) is 3.29. The van der Waals surface area contributed by atoms with Gasteiger partial charge in [0.1, 0.15) is 5.60 Å². The van der Waals surface area contributed by atoms with Crippen LogP contribution in [0.2, 0.25) is 0 Å². The molecule has 37 heavy (non-hydrogen) atoms. The van der Waals surface area contributed by atoms with E-state index in [4.69, 9.17) is 0 Å². The normalized spacial score (nSPS) is 40.8. The summed E-state index contributed by atoms with van der Waals surface area (Å²) in [7, 11) is 1.95. The second kappa shape index (κ2) is 8.39. The molecule has 1 aromatic carbocycles. The zero-order valence-electron chi connectivity index (χ0n) is 22.0. The summed E-state index contributed by atoms with van der Waals surface area (Å²) in [5.74, 6) is 0.0942. The van der Waals surface area contributed by atoms with Gasteiger partial charge < -0.3 is 14.8 Å². The first-order chi connectivity index (χ1) is 17.5. The number of Topliss-reactive ketones (excluding diaryl/α,β-unsaturated/α-hetero) is 1. The smallest absolute Gasteiger partial charge is 0.178 e. The van der Waals surface area contributed by atoms with Crippen molar-refractivity contribution in [2.75, 3.05) is 5.75 Å². The molecule has 2 N–H and O–H groups in total. The molecule has 0 spiro atoms. The van der Waals surface area contributed by atoms with Crippen molar-refractivity contribution in [1.82, 2.24) is 9.55 Å². The van der Waals surface area contributed by atoms with E-state index >= 15 is 0 Å². The molecule has 0 amide bonds. The second-order valence-corrected chi connectivity index (χ2v) is 13.2. The number of aryl methyl sites for hydroxylation is 1. The first-order valence-electron chi connectivity index (χ1n) is 13.4. The van der Waals surface area contributed by atoms with Crippen molar-refractivity contribution in [3.63, 3.8) is 0 Å². The number of fused-ring (bicyclic) bond motifs is 6. The molecule has 0 saturated heterocycles. The molecule has 3 fully saturated rings. The van der Waals surface area contributed by atoms with Crippen LogP contribution < -0.4 is 0 Å². The van der Waals surface area contributed by atoms with E-state index in [9.17, 15) is 19.8 Å². The van der Waals surface area contributed by atoms with Gasteiger partial charge in [-0.2, -0.15) is 0 Å². The van der Waals surface area contributed by atoms with E-state index < -0.39 is 17.1 Å². The molecule has 196 valence electrons. The summed E-state index contributed by atoms with van der Waals surface area (Å²) >= 11 is 1.38. The Hall–Kier alpha value is -2.22. The number of rotatable bonds is 4. The van der Waals surface area contributed by atoms with Gasteiger partial charge >= 0.3 is 0 Å². The third kappa shape index (κ3) is 3.36. The number of carbonyl (C=O) groups excluding carboxylic acids is 2. The van der Waals surface area contributed by atoms with Crippen LogP contribution in [-0.4, -0.2) is 48.8 Å². The highest BCUT2D eigenvalue weighted by atomic mass is 32.2. The first kappa shape index (κ1) is 25.1. The SMILES string of the molecule is C[C@@H]1C[C@H]2[C@@H]3CCC4=CC(=O)C=C[C@]4(C)[C@H]3[C@@H](O)C[C@]2(C)[C@@]1(O)C(=O)CSc1nc2ccccc2n1C. The average molecular weight is 521 g/mol. The van der Waals surface area contributed by atoms with Crippen LogP contribution >= 0.6 is 11.8 Å². The van der Waals surface area contributed by atoms with E-state index in [0.29, 0.717) is 6.42 Å². The number of aliphatic hydroxyl groups is 2. The molecule has 2 aromatic rings. The lowest BCUT2D eigenvalue weighted by atomic mass is 9.46. The molecule has 0 unspecified atom stereocenters. The Morgan fingerprint density at radius 1 is 1.27 bits per heavy atom. The Kier molecular flexibility index (Phi) is 5.69. The van der Waals surface area contributed by atoms with E-state index in [2.05, 4.69) is 11.9 Å². The van der Waals surface area contributed by atoms with Gasteiger partial charge in [0.25, 0.3) is 0 Å².